The molecule has 0 amide bonds. The van der Waals surface area contributed by atoms with Crippen LogP contribution in [0.4, 0.5) is 5.82 Å². The van der Waals surface area contributed by atoms with Gasteiger partial charge < -0.3 is 5.73 Å². The van der Waals surface area contributed by atoms with Crippen molar-refractivity contribution in [3.8, 4) is 0 Å². The average molecular weight is 258 g/mol. The highest BCUT2D eigenvalue weighted by Crippen LogP contribution is 2.24. The molecule has 4 nitrogen and oxygen atoms in total. The van der Waals surface area contributed by atoms with E-state index in [1.54, 1.807) is 18.2 Å². The first-order chi connectivity index (χ1) is 7.58. The Balaban J connectivity index is 2.41. The van der Waals surface area contributed by atoms with Crippen LogP contribution in [0.3, 0.4) is 0 Å². The fraction of sp³-hybridized carbons (Fsp3) is 0.100. The van der Waals surface area contributed by atoms with Gasteiger partial charge in [-0.05, 0) is 12.1 Å². The number of hydrogen-bond donors (Lipinski definition) is 2. The van der Waals surface area contributed by atoms with Gasteiger partial charge in [0, 0.05) is 21.7 Å². The van der Waals surface area contributed by atoms with Crippen molar-refractivity contribution >= 4 is 29.0 Å². The number of nitrogen functional groups attached to an aromatic ring is 1. The molecule has 84 valence electrons. The van der Waals surface area contributed by atoms with Crippen LogP contribution in [0.15, 0.2) is 29.1 Å². The summed E-state index contributed by atoms with van der Waals surface area (Å²) in [6.07, 6.45) is 0. The molecule has 0 radical (unpaired) electrons. The highest BCUT2D eigenvalue weighted by molar-refractivity contribution is 6.35. The van der Waals surface area contributed by atoms with Gasteiger partial charge in [-0.1, -0.05) is 29.3 Å². The topological polar surface area (TPSA) is 63.8 Å². The minimum Gasteiger partial charge on any atom is -0.384 e. The summed E-state index contributed by atoms with van der Waals surface area (Å²) >= 11 is 12.0. The van der Waals surface area contributed by atoms with Crippen molar-refractivity contribution in [2.24, 2.45) is 0 Å². The molecule has 0 atom stereocenters. The number of nitrogens with zero attached hydrogens (tertiary/aromatic N) is 1. The predicted molar refractivity (Wildman–Crippen MR) is 65.0 cm³/mol. The molecule has 1 heterocycles. The number of benzene rings is 1. The number of aromatic nitrogens is 2. The Morgan fingerprint density at radius 2 is 1.94 bits per heavy atom. The fourth-order valence-electron chi connectivity index (χ4n) is 1.41. The Bertz CT molecular complexity index is 553. The molecular weight excluding hydrogens is 249 g/mol. The Hall–Kier alpha value is -1.39. The molecule has 0 saturated heterocycles. The molecular formula is C10H9Cl2N3O. The van der Waals surface area contributed by atoms with Crippen molar-refractivity contribution < 1.29 is 0 Å². The van der Waals surface area contributed by atoms with E-state index in [-0.39, 0.29) is 12.1 Å². The van der Waals surface area contributed by atoms with E-state index in [1.807, 2.05) is 0 Å². The summed E-state index contributed by atoms with van der Waals surface area (Å²) in [6.45, 7) is 0.272. The first-order valence-electron chi connectivity index (χ1n) is 4.56. The van der Waals surface area contributed by atoms with Crippen molar-refractivity contribution in [2.45, 2.75) is 6.54 Å². The molecule has 0 aliphatic heterocycles. The highest BCUT2D eigenvalue weighted by atomic mass is 35.5. The summed E-state index contributed by atoms with van der Waals surface area (Å²) in [5.74, 6) is 0.313. The predicted octanol–water partition coefficient (Wildman–Crippen LogP) is 2.11. The first kappa shape index (κ1) is 11.1. The molecule has 2 rings (SSSR count). The summed E-state index contributed by atoms with van der Waals surface area (Å²) in [4.78, 5) is 11.4. The van der Waals surface area contributed by atoms with Crippen LogP contribution in [-0.2, 0) is 6.54 Å². The third-order valence-corrected chi connectivity index (χ3v) is 2.90. The zero-order chi connectivity index (χ0) is 11.7. The molecule has 0 fully saturated rings. The Morgan fingerprint density at radius 1 is 1.31 bits per heavy atom. The van der Waals surface area contributed by atoms with E-state index in [1.165, 1.54) is 10.7 Å². The maximum Gasteiger partial charge on any atom is 0.268 e. The molecule has 0 unspecified atom stereocenters. The molecule has 6 heteroatoms. The van der Waals surface area contributed by atoms with E-state index < -0.39 is 0 Å². The molecule has 0 spiro atoms. The molecule has 2 aromatic rings. The molecule has 16 heavy (non-hydrogen) atoms. The van der Waals surface area contributed by atoms with Gasteiger partial charge in [-0.3, -0.25) is 9.89 Å². The average Bonchev–Trinajstić information content (AvgIpc) is 2.51. The van der Waals surface area contributed by atoms with Crippen molar-refractivity contribution in [1.82, 2.24) is 9.78 Å². The Kier molecular flexibility index (Phi) is 2.94. The van der Waals surface area contributed by atoms with E-state index in [0.29, 0.717) is 21.4 Å². The number of halogens is 2. The van der Waals surface area contributed by atoms with Crippen molar-refractivity contribution in [3.05, 3.63) is 50.2 Å². The third-order valence-electron chi connectivity index (χ3n) is 2.19. The zero-order valence-corrected chi connectivity index (χ0v) is 9.72. The van der Waals surface area contributed by atoms with Gasteiger partial charge in [-0.2, -0.15) is 0 Å². The molecule has 1 aromatic carbocycles. The lowest BCUT2D eigenvalue weighted by Crippen LogP contribution is -2.17. The molecule has 0 bridgehead atoms. The number of anilines is 1. The lowest BCUT2D eigenvalue weighted by molar-refractivity contribution is 0.667. The van der Waals surface area contributed by atoms with Gasteiger partial charge in [0.25, 0.3) is 5.56 Å². The van der Waals surface area contributed by atoms with Crippen LogP contribution in [0.1, 0.15) is 5.56 Å². The number of H-pyrrole nitrogens is 1. The maximum atomic E-state index is 11.4. The van der Waals surface area contributed by atoms with Gasteiger partial charge in [0.15, 0.2) is 0 Å². The van der Waals surface area contributed by atoms with Gasteiger partial charge in [-0.25, -0.2) is 4.68 Å². The van der Waals surface area contributed by atoms with E-state index in [0.717, 1.165) is 0 Å². The van der Waals surface area contributed by atoms with Gasteiger partial charge in [-0.15, -0.1) is 0 Å². The largest absolute Gasteiger partial charge is 0.384 e. The monoisotopic (exact) mass is 257 g/mol. The van der Waals surface area contributed by atoms with Crippen LogP contribution in [0.5, 0.6) is 0 Å². The standard InChI is InChI=1S/C10H9Cl2N3O/c11-7-2-1-3-8(12)6(7)5-15-10(16)4-9(13)14-15/h1-4,14H,5,13H2. The van der Waals surface area contributed by atoms with Crippen molar-refractivity contribution in [2.75, 3.05) is 5.73 Å². The van der Waals surface area contributed by atoms with E-state index in [9.17, 15) is 4.79 Å². The zero-order valence-electron chi connectivity index (χ0n) is 8.21. The summed E-state index contributed by atoms with van der Waals surface area (Å²) in [6, 6.07) is 6.50. The van der Waals surface area contributed by atoms with Crippen LogP contribution >= 0.6 is 23.2 Å². The van der Waals surface area contributed by atoms with Crippen LogP contribution in [0, 0.1) is 0 Å². The lowest BCUT2D eigenvalue weighted by Gasteiger charge is -2.06. The van der Waals surface area contributed by atoms with Gasteiger partial charge in [0.1, 0.15) is 5.82 Å². The van der Waals surface area contributed by atoms with Gasteiger partial charge in [0.2, 0.25) is 0 Å². The lowest BCUT2D eigenvalue weighted by atomic mass is 10.2. The summed E-state index contributed by atoms with van der Waals surface area (Å²) < 4.78 is 1.35. The number of hydrogen-bond acceptors (Lipinski definition) is 2. The smallest absolute Gasteiger partial charge is 0.268 e. The van der Waals surface area contributed by atoms with Gasteiger partial charge in [0.05, 0.1) is 6.54 Å². The summed E-state index contributed by atoms with van der Waals surface area (Å²) in [7, 11) is 0. The van der Waals surface area contributed by atoms with Crippen LogP contribution in [-0.4, -0.2) is 9.78 Å². The van der Waals surface area contributed by atoms with E-state index in [4.69, 9.17) is 28.9 Å². The normalized spacial score (nSPS) is 10.6. The molecule has 0 aliphatic carbocycles. The molecule has 3 N–H and O–H groups in total. The molecule has 0 aliphatic rings. The molecule has 1 aromatic heterocycles. The maximum absolute atomic E-state index is 11.4. The third kappa shape index (κ3) is 2.08. The highest BCUT2D eigenvalue weighted by Gasteiger charge is 2.08. The van der Waals surface area contributed by atoms with Crippen LogP contribution in [0.25, 0.3) is 0 Å². The minimum atomic E-state index is -0.214. The Morgan fingerprint density at radius 3 is 2.44 bits per heavy atom. The van der Waals surface area contributed by atoms with E-state index >= 15 is 0 Å². The summed E-state index contributed by atoms with van der Waals surface area (Å²) in [5.41, 5.74) is 5.94. The minimum absolute atomic E-state index is 0.214. The number of aromatic amines is 1. The second-order valence-corrected chi connectivity index (χ2v) is 4.15. The van der Waals surface area contributed by atoms with Crippen LogP contribution in [0.2, 0.25) is 10.0 Å². The number of rotatable bonds is 2. The second kappa shape index (κ2) is 4.23. The quantitative estimate of drug-likeness (QED) is 0.866. The second-order valence-electron chi connectivity index (χ2n) is 3.34. The number of nitrogens with two attached hydrogens (primary N) is 1. The SMILES string of the molecule is Nc1cc(=O)n(Cc2c(Cl)cccc2Cl)[nH]1. The van der Waals surface area contributed by atoms with Crippen LogP contribution < -0.4 is 11.3 Å². The van der Waals surface area contributed by atoms with Crippen molar-refractivity contribution in [3.63, 3.8) is 0 Å². The fourth-order valence-corrected chi connectivity index (χ4v) is 1.93. The number of nitrogens with one attached hydrogen (secondary N) is 1. The first-order valence-corrected chi connectivity index (χ1v) is 5.32. The Labute approximate surface area is 102 Å². The van der Waals surface area contributed by atoms with Crippen molar-refractivity contribution in [1.29, 1.82) is 0 Å². The summed E-state index contributed by atoms with van der Waals surface area (Å²) in [5, 5.41) is 3.75. The van der Waals surface area contributed by atoms with Gasteiger partial charge >= 0.3 is 0 Å². The molecule has 0 saturated carbocycles. The van der Waals surface area contributed by atoms with E-state index in [2.05, 4.69) is 5.10 Å².